The minimum atomic E-state index is -3.66. The maximum absolute atomic E-state index is 12.1. The van der Waals surface area contributed by atoms with Crippen molar-refractivity contribution in [2.24, 2.45) is 7.05 Å². The molecule has 0 saturated carbocycles. The zero-order valence-electron chi connectivity index (χ0n) is 10.7. The molecule has 2 aromatic heterocycles. The summed E-state index contributed by atoms with van der Waals surface area (Å²) in [4.78, 5) is 12.3. The third kappa shape index (κ3) is 2.85. The summed E-state index contributed by atoms with van der Waals surface area (Å²) < 4.78 is 27.9. The lowest BCUT2D eigenvalue weighted by Gasteiger charge is -2.05. The minimum absolute atomic E-state index is 0.159. The van der Waals surface area contributed by atoms with E-state index in [9.17, 15) is 13.2 Å². The molecule has 0 radical (unpaired) electrons. The normalized spacial score (nSPS) is 11.5. The van der Waals surface area contributed by atoms with Crippen LogP contribution < -0.4 is 10.3 Å². The number of sulfonamides is 1. The zero-order valence-corrected chi connectivity index (χ0v) is 12.3. The second kappa shape index (κ2) is 4.78. The van der Waals surface area contributed by atoms with Gasteiger partial charge in [0.05, 0.1) is 11.9 Å². The van der Waals surface area contributed by atoms with Gasteiger partial charge in [-0.3, -0.25) is 9.52 Å². The maximum atomic E-state index is 12.1. The van der Waals surface area contributed by atoms with E-state index in [4.69, 9.17) is 0 Å². The van der Waals surface area contributed by atoms with E-state index in [0.29, 0.717) is 0 Å². The highest BCUT2D eigenvalue weighted by atomic mass is 32.2. The molecular formula is C11H13N3O3S2. The number of thiophene rings is 1. The number of nitrogens with zero attached hydrogens (tertiary/aromatic N) is 2. The second-order valence-corrected chi connectivity index (χ2v) is 7.28. The summed E-state index contributed by atoms with van der Waals surface area (Å²) in [7, 11) is -2.17. The van der Waals surface area contributed by atoms with Crippen molar-refractivity contribution in [2.45, 2.75) is 18.1 Å². The van der Waals surface area contributed by atoms with E-state index in [0.717, 1.165) is 15.1 Å². The molecule has 0 saturated heterocycles. The first-order valence-electron chi connectivity index (χ1n) is 5.43. The highest BCUT2D eigenvalue weighted by molar-refractivity contribution is 7.94. The highest BCUT2D eigenvalue weighted by Crippen LogP contribution is 2.26. The van der Waals surface area contributed by atoms with Crippen molar-refractivity contribution in [3.05, 3.63) is 39.1 Å². The number of rotatable bonds is 3. The summed E-state index contributed by atoms with van der Waals surface area (Å²) in [5.74, 6) is 0. The lowest BCUT2D eigenvalue weighted by Crippen LogP contribution is -2.20. The molecule has 0 aliphatic carbocycles. The third-order valence-corrected chi connectivity index (χ3v) is 5.64. The van der Waals surface area contributed by atoms with Crippen LogP contribution in [0.5, 0.6) is 0 Å². The van der Waals surface area contributed by atoms with E-state index in [-0.39, 0.29) is 15.5 Å². The molecule has 2 rings (SSSR count). The van der Waals surface area contributed by atoms with Crippen LogP contribution in [0.1, 0.15) is 10.4 Å². The third-order valence-electron chi connectivity index (χ3n) is 2.63. The lowest BCUT2D eigenvalue weighted by molar-refractivity contribution is 0.603. The molecule has 0 atom stereocenters. The van der Waals surface area contributed by atoms with Crippen LogP contribution >= 0.6 is 11.3 Å². The van der Waals surface area contributed by atoms with Gasteiger partial charge in [-0.1, -0.05) is 0 Å². The Hall–Kier alpha value is -1.67. The molecule has 0 unspecified atom stereocenters. The molecule has 1 N–H and O–H groups in total. The van der Waals surface area contributed by atoms with E-state index in [2.05, 4.69) is 9.82 Å². The van der Waals surface area contributed by atoms with Crippen molar-refractivity contribution in [1.29, 1.82) is 0 Å². The van der Waals surface area contributed by atoms with Gasteiger partial charge >= 0.3 is 0 Å². The fourth-order valence-electron chi connectivity index (χ4n) is 1.40. The number of aromatic nitrogens is 2. The quantitative estimate of drug-likeness (QED) is 0.925. The molecule has 2 aromatic rings. The Balaban J connectivity index is 2.36. The van der Waals surface area contributed by atoms with Gasteiger partial charge in [0.15, 0.2) is 0 Å². The summed E-state index contributed by atoms with van der Waals surface area (Å²) in [5, 5.41) is 3.76. The Morgan fingerprint density at radius 2 is 2.00 bits per heavy atom. The van der Waals surface area contributed by atoms with Gasteiger partial charge in [-0.05, 0) is 25.5 Å². The van der Waals surface area contributed by atoms with Crippen molar-refractivity contribution in [2.75, 3.05) is 4.72 Å². The van der Waals surface area contributed by atoms with Crippen LogP contribution in [0.25, 0.3) is 0 Å². The Morgan fingerprint density at radius 3 is 2.53 bits per heavy atom. The number of hydrogen-bond acceptors (Lipinski definition) is 5. The lowest BCUT2D eigenvalue weighted by atomic mass is 10.3. The molecule has 0 spiro atoms. The van der Waals surface area contributed by atoms with Crippen LogP contribution in [-0.4, -0.2) is 18.2 Å². The molecule has 0 amide bonds. The smallest absolute Gasteiger partial charge is 0.271 e. The van der Waals surface area contributed by atoms with Crippen LogP contribution in [-0.2, 0) is 17.1 Å². The van der Waals surface area contributed by atoms with Gasteiger partial charge in [-0.25, -0.2) is 13.1 Å². The Bertz CT molecular complexity index is 755. The van der Waals surface area contributed by atoms with Crippen LogP contribution in [0.15, 0.2) is 27.3 Å². The highest BCUT2D eigenvalue weighted by Gasteiger charge is 2.18. The molecule has 0 bridgehead atoms. The Morgan fingerprint density at radius 1 is 1.32 bits per heavy atom. The van der Waals surface area contributed by atoms with E-state index in [1.54, 1.807) is 6.07 Å². The van der Waals surface area contributed by atoms with Gasteiger partial charge < -0.3 is 0 Å². The molecule has 2 heterocycles. The zero-order chi connectivity index (χ0) is 14.2. The first-order valence-corrected chi connectivity index (χ1v) is 7.73. The van der Waals surface area contributed by atoms with Gasteiger partial charge in [0.25, 0.3) is 15.6 Å². The van der Waals surface area contributed by atoms with Crippen molar-refractivity contribution < 1.29 is 8.42 Å². The predicted octanol–water partition coefficient (Wildman–Crippen LogP) is 1.26. The average molecular weight is 299 g/mol. The van der Waals surface area contributed by atoms with Crippen LogP contribution in [0.2, 0.25) is 0 Å². The van der Waals surface area contributed by atoms with Crippen LogP contribution in [0.3, 0.4) is 0 Å². The molecule has 102 valence electrons. The van der Waals surface area contributed by atoms with E-state index in [1.165, 1.54) is 30.6 Å². The molecule has 0 aliphatic rings. The molecule has 0 aliphatic heterocycles. The Kier molecular flexibility index (Phi) is 3.46. The first kappa shape index (κ1) is 13.8. The molecule has 6 nitrogen and oxygen atoms in total. The molecule has 8 heteroatoms. The number of anilines is 1. The maximum Gasteiger partial charge on any atom is 0.271 e. The summed E-state index contributed by atoms with van der Waals surface area (Å²) in [5.41, 5.74) is 0.707. The van der Waals surface area contributed by atoms with Crippen LogP contribution in [0.4, 0.5) is 5.69 Å². The van der Waals surface area contributed by atoms with Crippen molar-refractivity contribution in [3.63, 3.8) is 0 Å². The molecule has 19 heavy (non-hydrogen) atoms. The Labute approximate surface area is 114 Å². The van der Waals surface area contributed by atoms with E-state index >= 15 is 0 Å². The van der Waals surface area contributed by atoms with E-state index < -0.39 is 10.0 Å². The fourth-order valence-corrected chi connectivity index (χ4v) is 3.95. The average Bonchev–Trinajstić information content (AvgIpc) is 2.65. The van der Waals surface area contributed by atoms with Crippen molar-refractivity contribution >= 4 is 27.0 Å². The van der Waals surface area contributed by atoms with Crippen molar-refractivity contribution in [1.82, 2.24) is 9.78 Å². The van der Waals surface area contributed by atoms with Gasteiger partial charge in [0.2, 0.25) is 0 Å². The number of aryl methyl sites for hydroxylation is 3. The largest absolute Gasteiger partial charge is 0.277 e. The van der Waals surface area contributed by atoms with Gasteiger partial charge in [-0.2, -0.15) is 5.10 Å². The van der Waals surface area contributed by atoms with Gasteiger partial charge in [0, 0.05) is 18.0 Å². The summed E-state index contributed by atoms with van der Waals surface area (Å²) in [6, 6.07) is 2.80. The van der Waals surface area contributed by atoms with Gasteiger partial charge in [-0.15, -0.1) is 11.3 Å². The van der Waals surface area contributed by atoms with Crippen molar-refractivity contribution in [3.8, 4) is 0 Å². The molecular weight excluding hydrogens is 286 g/mol. The van der Waals surface area contributed by atoms with E-state index in [1.807, 2.05) is 13.8 Å². The number of hydrogen-bond donors (Lipinski definition) is 1. The van der Waals surface area contributed by atoms with Crippen LogP contribution in [0, 0.1) is 13.8 Å². The van der Waals surface area contributed by atoms with Gasteiger partial charge in [0.1, 0.15) is 4.21 Å². The topological polar surface area (TPSA) is 81.1 Å². The standard InChI is InChI=1S/C11H13N3O3S2/c1-7-4-11(18-8(7)2)19(16,17)13-9-5-10(15)14(3)12-6-9/h4-6,13H,1-3H3. The number of nitrogens with one attached hydrogen (secondary N) is 1. The summed E-state index contributed by atoms with van der Waals surface area (Å²) in [6.45, 7) is 3.71. The molecule has 0 fully saturated rings. The SMILES string of the molecule is Cc1cc(S(=O)(=O)Nc2cnn(C)c(=O)c2)sc1C. The minimum Gasteiger partial charge on any atom is -0.277 e. The predicted molar refractivity (Wildman–Crippen MR) is 74.1 cm³/mol. The second-order valence-electron chi connectivity index (χ2n) is 4.12. The summed E-state index contributed by atoms with van der Waals surface area (Å²) in [6.07, 6.45) is 1.30. The molecule has 0 aromatic carbocycles. The summed E-state index contributed by atoms with van der Waals surface area (Å²) >= 11 is 1.19. The fraction of sp³-hybridized carbons (Fsp3) is 0.273. The monoisotopic (exact) mass is 299 g/mol. The first-order chi connectivity index (χ1) is 8.79.